The van der Waals surface area contributed by atoms with E-state index in [9.17, 15) is 14.4 Å². The van der Waals surface area contributed by atoms with Gasteiger partial charge in [-0.3, -0.25) is 19.7 Å². The lowest BCUT2D eigenvalue weighted by atomic mass is 10.1. The predicted octanol–water partition coefficient (Wildman–Crippen LogP) is 3.69. The minimum atomic E-state index is -0.315. The number of aldehydes is 1. The summed E-state index contributed by atoms with van der Waals surface area (Å²) in [5.74, 6) is -0.0159. The second kappa shape index (κ2) is 8.09. The van der Waals surface area contributed by atoms with E-state index in [4.69, 9.17) is 0 Å². The van der Waals surface area contributed by atoms with Crippen molar-refractivity contribution in [1.29, 1.82) is 0 Å². The molecule has 0 aliphatic heterocycles. The Morgan fingerprint density at radius 1 is 1.22 bits per heavy atom. The highest BCUT2D eigenvalue weighted by Crippen LogP contribution is 2.29. The Bertz CT molecular complexity index is 1020. The van der Waals surface area contributed by atoms with E-state index in [1.165, 1.54) is 23.5 Å². The van der Waals surface area contributed by atoms with Crippen molar-refractivity contribution in [1.82, 2.24) is 9.55 Å². The normalized spacial score (nSPS) is 10.8. The van der Waals surface area contributed by atoms with Gasteiger partial charge in [-0.05, 0) is 17.5 Å². The first-order valence-electron chi connectivity index (χ1n) is 8.49. The van der Waals surface area contributed by atoms with Crippen LogP contribution in [0.25, 0.3) is 10.4 Å². The topological polar surface area (TPSA) is 81.1 Å². The van der Waals surface area contributed by atoms with Gasteiger partial charge in [-0.25, -0.2) is 4.98 Å². The molecule has 1 N–H and O–H groups in total. The van der Waals surface area contributed by atoms with Gasteiger partial charge in [0.25, 0.3) is 11.5 Å². The standard InChI is InChI=1S/C20H19N3O3S/c1-13(2)10-23-11-16(7-8-18(23)25)19(26)22-20-21-9-17(27-20)15-5-3-14(12-24)4-6-15/h3-9,11-13H,10H2,1-2H3,(H,21,22,26). The van der Waals surface area contributed by atoms with E-state index in [1.54, 1.807) is 29.1 Å². The van der Waals surface area contributed by atoms with Crippen LogP contribution in [0.3, 0.4) is 0 Å². The van der Waals surface area contributed by atoms with Crippen LogP contribution in [0.1, 0.15) is 34.6 Å². The zero-order valence-electron chi connectivity index (χ0n) is 15.0. The quantitative estimate of drug-likeness (QED) is 0.660. The smallest absolute Gasteiger partial charge is 0.258 e. The van der Waals surface area contributed by atoms with Crippen molar-refractivity contribution in [2.75, 3.05) is 5.32 Å². The second-order valence-electron chi connectivity index (χ2n) is 6.53. The van der Waals surface area contributed by atoms with E-state index >= 15 is 0 Å². The first kappa shape index (κ1) is 18.7. The van der Waals surface area contributed by atoms with Gasteiger partial charge in [0.1, 0.15) is 6.29 Å². The first-order valence-corrected chi connectivity index (χ1v) is 9.31. The maximum absolute atomic E-state index is 12.5. The number of nitrogens with zero attached hydrogens (tertiary/aromatic N) is 2. The number of aromatic nitrogens is 2. The molecule has 0 atom stereocenters. The summed E-state index contributed by atoms with van der Waals surface area (Å²) in [4.78, 5) is 40.2. The van der Waals surface area contributed by atoms with Crippen LogP contribution in [0.5, 0.6) is 0 Å². The van der Waals surface area contributed by atoms with E-state index < -0.39 is 0 Å². The highest BCUT2D eigenvalue weighted by atomic mass is 32.1. The number of nitrogens with one attached hydrogen (secondary N) is 1. The molecule has 138 valence electrons. The third-order valence-corrected chi connectivity index (χ3v) is 4.83. The molecule has 2 aromatic heterocycles. The molecule has 0 fully saturated rings. The fraction of sp³-hybridized carbons (Fsp3) is 0.200. The molecule has 0 radical (unpaired) electrons. The molecule has 7 heteroatoms. The highest BCUT2D eigenvalue weighted by Gasteiger charge is 2.12. The number of amides is 1. The number of pyridine rings is 1. The molecule has 27 heavy (non-hydrogen) atoms. The molecule has 0 saturated carbocycles. The summed E-state index contributed by atoms with van der Waals surface area (Å²) >= 11 is 1.34. The van der Waals surface area contributed by atoms with E-state index in [0.717, 1.165) is 16.7 Å². The van der Waals surface area contributed by atoms with Gasteiger partial charge < -0.3 is 4.57 Å². The lowest BCUT2D eigenvalue weighted by Gasteiger charge is -2.10. The number of hydrogen-bond donors (Lipinski definition) is 1. The van der Waals surface area contributed by atoms with E-state index in [2.05, 4.69) is 10.3 Å². The first-order chi connectivity index (χ1) is 13.0. The van der Waals surface area contributed by atoms with Crippen LogP contribution in [0.2, 0.25) is 0 Å². The molecular weight excluding hydrogens is 362 g/mol. The maximum Gasteiger partial charge on any atom is 0.258 e. The number of hydrogen-bond acceptors (Lipinski definition) is 5. The summed E-state index contributed by atoms with van der Waals surface area (Å²) in [5, 5.41) is 3.24. The average molecular weight is 381 g/mol. The summed E-state index contributed by atoms with van der Waals surface area (Å²) in [7, 11) is 0. The molecule has 3 aromatic rings. The van der Waals surface area contributed by atoms with Gasteiger partial charge in [0.05, 0.1) is 10.4 Å². The Kier molecular flexibility index (Phi) is 5.61. The minimum absolute atomic E-state index is 0.129. The zero-order valence-corrected chi connectivity index (χ0v) is 15.8. The molecular formula is C20H19N3O3S. The Morgan fingerprint density at radius 3 is 2.63 bits per heavy atom. The number of anilines is 1. The second-order valence-corrected chi connectivity index (χ2v) is 7.56. The molecule has 6 nitrogen and oxygen atoms in total. The van der Waals surface area contributed by atoms with Gasteiger partial charge >= 0.3 is 0 Å². The predicted molar refractivity (Wildman–Crippen MR) is 106 cm³/mol. The maximum atomic E-state index is 12.5. The molecule has 0 unspecified atom stereocenters. The van der Waals surface area contributed by atoms with Crippen LogP contribution < -0.4 is 10.9 Å². The summed E-state index contributed by atoms with van der Waals surface area (Å²) in [5.41, 5.74) is 1.80. The average Bonchev–Trinajstić information content (AvgIpc) is 3.11. The van der Waals surface area contributed by atoms with Gasteiger partial charge in [-0.15, -0.1) is 0 Å². The SMILES string of the molecule is CC(C)Cn1cc(C(=O)Nc2ncc(-c3ccc(C=O)cc3)s2)ccc1=O. The number of thiazole rings is 1. The Balaban J connectivity index is 1.76. The molecule has 0 bridgehead atoms. The van der Waals surface area contributed by atoms with Crippen LogP contribution in [0.15, 0.2) is 53.6 Å². The fourth-order valence-electron chi connectivity index (χ4n) is 2.56. The van der Waals surface area contributed by atoms with Gasteiger partial charge in [0.15, 0.2) is 5.13 Å². The largest absolute Gasteiger partial charge is 0.314 e. The van der Waals surface area contributed by atoms with Crippen LogP contribution in [-0.2, 0) is 6.54 Å². The monoisotopic (exact) mass is 381 g/mol. The number of carbonyl (C=O) groups is 2. The summed E-state index contributed by atoms with van der Waals surface area (Å²) in [6, 6.07) is 10.1. The van der Waals surface area contributed by atoms with Gasteiger partial charge in [0, 0.05) is 30.6 Å². The van der Waals surface area contributed by atoms with E-state index in [0.29, 0.717) is 28.7 Å². The summed E-state index contributed by atoms with van der Waals surface area (Å²) in [6.45, 7) is 4.58. The van der Waals surface area contributed by atoms with Gasteiger partial charge in [0.2, 0.25) is 0 Å². The Labute approximate surface area is 160 Å². The van der Waals surface area contributed by atoms with Gasteiger partial charge in [-0.2, -0.15) is 0 Å². The number of benzene rings is 1. The molecule has 3 rings (SSSR count). The Hall–Kier alpha value is -3.06. The summed E-state index contributed by atoms with van der Waals surface area (Å²) in [6.07, 6.45) is 4.04. The third-order valence-electron chi connectivity index (χ3n) is 3.86. The molecule has 0 spiro atoms. The number of carbonyl (C=O) groups excluding carboxylic acids is 2. The number of rotatable bonds is 6. The lowest BCUT2D eigenvalue weighted by molar-refractivity contribution is 0.102. The van der Waals surface area contributed by atoms with Crippen LogP contribution in [0, 0.1) is 5.92 Å². The van der Waals surface area contributed by atoms with Crippen molar-refractivity contribution in [2.24, 2.45) is 5.92 Å². The molecule has 2 heterocycles. The molecule has 0 saturated heterocycles. The van der Waals surface area contributed by atoms with Gasteiger partial charge in [-0.1, -0.05) is 49.4 Å². The zero-order chi connectivity index (χ0) is 19.4. The Morgan fingerprint density at radius 2 is 1.96 bits per heavy atom. The lowest BCUT2D eigenvalue weighted by Crippen LogP contribution is -2.23. The minimum Gasteiger partial charge on any atom is -0.314 e. The summed E-state index contributed by atoms with van der Waals surface area (Å²) < 4.78 is 1.54. The third kappa shape index (κ3) is 4.57. The van der Waals surface area contributed by atoms with Crippen molar-refractivity contribution < 1.29 is 9.59 Å². The van der Waals surface area contributed by atoms with Crippen LogP contribution in [-0.4, -0.2) is 21.7 Å². The van der Waals surface area contributed by atoms with Crippen LogP contribution >= 0.6 is 11.3 Å². The molecule has 0 aliphatic carbocycles. The molecule has 1 aromatic carbocycles. The van der Waals surface area contributed by atoms with E-state index in [-0.39, 0.29) is 11.5 Å². The van der Waals surface area contributed by atoms with Crippen molar-refractivity contribution in [3.8, 4) is 10.4 Å². The molecule has 0 aliphatic rings. The van der Waals surface area contributed by atoms with Crippen molar-refractivity contribution in [2.45, 2.75) is 20.4 Å². The highest BCUT2D eigenvalue weighted by molar-refractivity contribution is 7.19. The van der Waals surface area contributed by atoms with Crippen molar-refractivity contribution in [3.05, 3.63) is 70.3 Å². The van der Waals surface area contributed by atoms with Crippen LogP contribution in [0.4, 0.5) is 5.13 Å². The van der Waals surface area contributed by atoms with E-state index in [1.807, 2.05) is 26.0 Å². The van der Waals surface area contributed by atoms with Crippen molar-refractivity contribution >= 4 is 28.7 Å². The fourth-order valence-corrected chi connectivity index (χ4v) is 3.38. The van der Waals surface area contributed by atoms with Crippen molar-refractivity contribution in [3.63, 3.8) is 0 Å². The molecule has 1 amide bonds.